The predicted molar refractivity (Wildman–Crippen MR) is 91.8 cm³/mol. The first-order valence-electron chi connectivity index (χ1n) is 8.50. The van der Waals surface area contributed by atoms with Gasteiger partial charge in [0, 0.05) is 50.4 Å². The number of anilines is 1. The van der Waals surface area contributed by atoms with Crippen molar-refractivity contribution in [1.29, 1.82) is 0 Å². The van der Waals surface area contributed by atoms with E-state index >= 15 is 0 Å². The zero-order valence-electron chi connectivity index (χ0n) is 14.7. The van der Waals surface area contributed by atoms with Crippen molar-refractivity contribution in [3.05, 3.63) is 47.3 Å². The summed E-state index contributed by atoms with van der Waals surface area (Å²) in [5.41, 5.74) is 0.721. The number of halogens is 3. The molecular weight excluding hydrogens is 361 g/mol. The van der Waals surface area contributed by atoms with Crippen LogP contribution in [0.25, 0.3) is 0 Å². The third kappa shape index (κ3) is 4.29. The summed E-state index contributed by atoms with van der Waals surface area (Å²) in [7, 11) is 1.39. The van der Waals surface area contributed by atoms with Crippen LogP contribution in [0.4, 0.5) is 18.9 Å². The van der Waals surface area contributed by atoms with Gasteiger partial charge in [-0.1, -0.05) is 18.2 Å². The average Bonchev–Trinajstić information content (AvgIpc) is 3.00. The van der Waals surface area contributed by atoms with E-state index in [1.807, 2.05) is 24.3 Å². The molecule has 0 saturated carbocycles. The molecule has 0 bridgehead atoms. The Hall–Kier alpha value is -2.84. The minimum Gasteiger partial charge on any atom is -0.352 e. The Labute approximate surface area is 154 Å². The molecule has 0 aliphatic carbocycles. The smallest absolute Gasteiger partial charge is 0.352 e. The van der Waals surface area contributed by atoms with Gasteiger partial charge in [-0.05, 0) is 18.1 Å². The number of carbonyl (C=O) groups excluding carboxylic acids is 2. The van der Waals surface area contributed by atoms with Gasteiger partial charge in [-0.15, -0.1) is 0 Å². The van der Waals surface area contributed by atoms with E-state index in [2.05, 4.69) is 10.4 Å². The molecule has 1 aliphatic heterocycles. The van der Waals surface area contributed by atoms with Gasteiger partial charge in [0.15, 0.2) is 5.69 Å². The number of nitrogens with one attached hydrogen (secondary N) is 1. The van der Waals surface area contributed by atoms with Gasteiger partial charge in [0.05, 0.1) is 0 Å². The highest BCUT2D eigenvalue weighted by Crippen LogP contribution is 2.30. The first-order valence-corrected chi connectivity index (χ1v) is 8.50. The molecule has 2 heterocycles. The molecular formula is C18H19F3N4O2. The molecule has 2 aromatic rings. The normalized spacial score (nSPS) is 14.2. The Bertz CT molecular complexity index is 861. The topological polar surface area (TPSA) is 67.2 Å². The summed E-state index contributed by atoms with van der Waals surface area (Å²) in [4.78, 5) is 25.8. The summed E-state index contributed by atoms with van der Waals surface area (Å²) in [5.74, 6) is -0.490. The van der Waals surface area contributed by atoms with Gasteiger partial charge in [0.25, 0.3) is 0 Å². The SMILES string of the molecule is Cn1cc(CNC(=O)CCN2C(=O)CCc3ccccc32)c(C(F)(F)F)n1. The Morgan fingerprint density at radius 3 is 2.74 bits per heavy atom. The van der Waals surface area contributed by atoms with Crippen LogP contribution in [-0.4, -0.2) is 28.1 Å². The molecule has 0 unspecified atom stereocenters. The number of hydrogen-bond acceptors (Lipinski definition) is 3. The van der Waals surface area contributed by atoms with Gasteiger partial charge < -0.3 is 10.2 Å². The zero-order chi connectivity index (χ0) is 19.6. The minimum absolute atomic E-state index is 0.00167. The number of hydrogen-bond donors (Lipinski definition) is 1. The number of rotatable bonds is 5. The molecule has 0 radical (unpaired) electrons. The Balaban J connectivity index is 1.59. The maximum absolute atomic E-state index is 12.9. The second kappa shape index (κ2) is 7.42. The Morgan fingerprint density at radius 1 is 1.26 bits per heavy atom. The molecule has 6 nitrogen and oxygen atoms in total. The van der Waals surface area contributed by atoms with E-state index in [4.69, 9.17) is 0 Å². The second-order valence-corrected chi connectivity index (χ2v) is 6.38. The number of benzene rings is 1. The molecule has 0 spiro atoms. The maximum Gasteiger partial charge on any atom is 0.435 e. The lowest BCUT2D eigenvalue weighted by Crippen LogP contribution is -2.38. The highest BCUT2D eigenvalue weighted by molar-refractivity contribution is 5.96. The van der Waals surface area contributed by atoms with Crippen LogP contribution >= 0.6 is 0 Å². The molecule has 27 heavy (non-hydrogen) atoms. The first kappa shape index (κ1) is 18.9. The van der Waals surface area contributed by atoms with Crippen LogP contribution < -0.4 is 10.2 Å². The maximum atomic E-state index is 12.9. The van der Waals surface area contributed by atoms with E-state index in [0.717, 1.165) is 15.9 Å². The summed E-state index contributed by atoms with van der Waals surface area (Å²) in [6, 6.07) is 7.49. The van der Waals surface area contributed by atoms with Gasteiger partial charge in [0.1, 0.15) is 0 Å². The first-order chi connectivity index (χ1) is 12.8. The quantitative estimate of drug-likeness (QED) is 0.866. The fourth-order valence-corrected chi connectivity index (χ4v) is 3.14. The second-order valence-electron chi connectivity index (χ2n) is 6.38. The van der Waals surface area contributed by atoms with Crippen molar-refractivity contribution in [2.75, 3.05) is 11.4 Å². The van der Waals surface area contributed by atoms with E-state index in [9.17, 15) is 22.8 Å². The molecule has 1 aliphatic rings. The number of aromatic nitrogens is 2. The van der Waals surface area contributed by atoms with Crippen LogP contribution in [0, 0.1) is 0 Å². The molecule has 1 aromatic carbocycles. The van der Waals surface area contributed by atoms with Gasteiger partial charge >= 0.3 is 6.18 Å². The molecule has 0 fully saturated rings. The van der Waals surface area contributed by atoms with Crippen molar-refractivity contribution in [3.63, 3.8) is 0 Å². The van der Waals surface area contributed by atoms with Crippen LogP contribution in [0.15, 0.2) is 30.5 Å². The highest BCUT2D eigenvalue weighted by atomic mass is 19.4. The lowest BCUT2D eigenvalue weighted by molar-refractivity contribution is -0.142. The number of fused-ring (bicyclic) bond motifs is 1. The zero-order valence-corrected chi connectivity index (χ0v) is 14.7. The van der Waals surface area contributed by atoms with Gasteiger partial charge in [-0.25, -0.2) is 0 Å². The molecule has 0 atom stereocenters. The Morgan fingerprint density at radius 2 is 2.00 bits per heavy atom. The fraction of sp³-hybridized carbons (Fsp3) is 0.389. The predicted octanol–water partition coefficient (Wildman–Crippen LogP) is 2.42. The largest absolute Gasteiger partial charge is 0.435 e. The van der Waals surface area contributed by atoms with E-state index in [1.54, 1.807) is 4.90 Å². The third-order valence-electron chi connectivity index (χ3n) is 4.40. The molecule has 2 amide bonds. The van der Waals surface area contributed by atoms with E-state index in [-0.39, 0.29) is 31.0 Å². The van der Waals surface area contributed by atoms with Crippen molar-refractivity contribution < 1.29 is 22.8 Å². The van der Waals surface area contributed by atoms with Gasteiger partial charge in [-0.2, -0.15) is 18.3 Å². The van der Waals surface area contributed by atoms with Gasteiger partial charge in [-0.3, -0.25) is 14.3 Å². The molecule has 144 valence electrons. The van der Waals surface area contributed by atoms with Crippen molar-refractivity contribution in [1.82, 2.24) is 15.1 Å². The summed E-state index contributed by atoms with van der Waals surface area (Å²) < 4.78 is 39.8. The van der Waals surface area contributed by atoms with E-state index < -0.39 is 17.8 Å². The standard InChI is InChI=1S/C18H19F3N4O2/c1-24-11-13(17(23-24)18(19,20)21)10-22-15(26)8-9-25-14-5-3-2-4-12(14)6-7-16(25)27/h2-5,11H,6-10H2,1H3,(H,22,26). The summed E-state index contributed by atoms with van der Waals surface area (Å²) in [5, 5.41) is 5.87. The average molecular weight is 380 g/mol. The van der Waals surface area contributed by atoms with E-state index in [0.29, 0.717) is 12.8 Å². The van der Waals surface area contributed by atoms with Crippen molar-refractivity contribution in [2.24, 2.45) is 7.05 Å². The summed E-state index contributed by atoms with van der Waals surface area (Å²) >= 11 is 0. The number of amides is 2. The number of carbonyl (C=O) groups is 2. The van der Waals surface area contributed by atoms with Crippen molar-refractivity contribution in [2.45, 2.75) is 32.0 Å². The lowest BCUT2D eigenvalue weighted by Gasteiger charge is -2.29. The minimum atomic E-state index is -4.58. The third-order valence-corrected chi connectivity index (χ3v) is 4.40. The van der Waals surface area contributed by atoms with Crippen LogP contribution in [0.3, 0.4) is 0 Å². The number of para-hydroxylation sites is 1. The molecule has 3 rings (SSSR count). The van der Waals surface area contributed by atoms with Crippen LogP contribution in [0.2, 0.25) is 0 Å². The van der Waals surface area contributed by atoms with Crippen molar-refractivity contribution in [3.8, 4) is 0 Å². The number of aryl methyl sites for hydroxylation is 2. The molecule has 9 heteroatoms. The van der Waals surface area contributed by atoms with Crippen molar-refractivity contribution >= 4 is 17.5 Å². The van der Waals surface area contributed by atoms with Crippen LogP contribution in [0.5, 0.6) is 0 Å². The summed E-state index contributed by atoms with van der Waals surface area (Å²) in [6.07, 6.45) is -2.30. The van der Waals surface area contributed by atoms with Gasteiger partial charge in [0.2, 0.25) is 11.8 Å². The summed E-state index contributed by atoms with van der Waals surface area (Å²) in [6.45, 7) is -0.0904. The molecule has 1 aromatic heterocycles. The lowest BCUT2D eigenvalue weighted by atomic mass is 10.0. The Kier molecular flexibility index (Phi) is 5.20. The number of alkyl halides is 3. The monoisotopic (exact) mass is 380 g/mol. The highest BCUT2D eigenvalue weighted by Gasteiger charge is 2.36. The number of nitrogens with zero attached hydrogens (tertiary/aromatic N) is 3. The fourth-order valence-electron chi connectivity index (χ4n) is 3.14. The van der Waals surface area contributed by atoms with E-state index in [1.165, 1.54) is 13.2 Å². The van der Waals surface area contributed by atoms with Crippen LogP contribution in [-0.2, 0) is 35.8 Å². The van der Waals surface area contributed by atoms with Crippen LogP contribution in [0.1, 0.15) is 29.7 Å². The molecule has 0 saturated heterocycles. The molecule has 1 N–H and O–H groups in total.